The molecule has 0 aliphatic rings. The van der Waals surface area contributed by atoms with Crippen LogP contribution in [-0.2, 0) is 15.3 Å². The van der Waals surface area contributed by atoms with Gasteiger partial charge in [-0.3, -0.25) is 0 Å². The second-order valence-corrected chi connectivity index (χ2v) is 6.08. The fourth-order valence-corrected chi connectivity index (χ4v) is 2.95. The maximum Gasteiger partial charge on any atom is 0.320 e. The van der Waals surface area contributed by atoms with Gasteiger partial charge in [0.2, 0.25) is 0 Å². The molecular weight excluding hydrogens is 216 g/mol. The van der Waals surface area contributed by atoms with E-state index in [-0.39, 0.29) is 0 Å². The predicted molar refractivity (Wildman–Crippen MR) is 70.8 cm³/mol. The van der Waals surface area contributed by atoms with Gasteiger partial charge in [0.1, 0.15) is 0 Å². The van der Waals surface area contributed by atoms with Crippen LogP contribution in [0.3, 0.4) is 0 Å². The Morgan fingerprint density at radius 1 is 1.25 bits per heavy atom. The van der Waals surface area contributed by atoms with Crippen molar-refractivity contribution in [3.05, 3.63) is 42.0 Å². The molecule has 1 aromatic carbocycles. The predicted octanol–water partition coefficient (Wildman–Crippen LogP) is 2.78. The summed E-state index contributed by atoms with van der Waals surface area (Å²) in [6, 6.07) is 9.43. The summed E-state index contributed by atoms with van der Waals surface area (Å²) in [5.41, 5.74) is 2.59. The lowest BCUT2D eigenvalue weighted by atomic mass is 10.0. The zero-order valence-corrected chi connectivity index (χ0v) is 11.3. The van der Waals surface area contributed by atoms with Gasteiger partial charge < -0.3 is 8.85 Å². The quantitative estimate of drug-likeness (QED) is 0.678. The maximum atomic E-state index is 5.29. The monoisotopic (exact) mass is 236 g/mol. The van der Waals surface area contributed by atoms with E-state index >= 15 is 0 Å². The summed E-state index contributed by atoms with van der Waals surface area (Å²) in [7, 11) is 2.08. The number of hydrogen-bond acceptors (Lipinski definition) is 2. The van der Waals surface area contributed by atoms with Gasteiger partial charge in [-0.25, -0.2) is 0 Å². The topological polar surface area (TPSA) is 18.5 Å². The minimum Gasteiger partial charge on any atom is -0.400 e. The van der Waals surface area contributed by atoms with Crippen LogP contribution < -0.4 is 0 Å². The van der Waals surface area contributed by atoms with Crippen LogP contribution >= 0.6 is 0 Å². The van der Waals surface area contributed by atoms with Crippen molar-refractivity contribution < 1.29 is 8.85 Å². The van der Waals surface area contributed by atoms with E-state index in [1.165, 1.54) is 11.1 Å². The van der Waals surface area contributed by atoms with Gasteiger partial charge in [0.05, 0.1) is 0 Å². The molecule has 0 aliphatic heterocycles. The molecular formula is C13H20O2Si. The minimum absolute atomic E-state index is 1.05. The van der Waals surface area contributed by atoms with Crippen LogP contribution in [0, 0.1) is 0 Å². The summed E-state index contributed by atoms with van der Waals surface area (Å²) in [6.45, 7) is 3.83. The van der Waals surface area contributed by atoms with Gasteiger partial charge in [0.15, 0.2) is 0 Å². The van der Waals surface area contributed by atoms with Crippen LogP contribution in [0.4, 0.5) is 0 Å². The highest BCUT2D eigenvalue weighted by Crippen LogP contribution is 2.14. The van der Waals surface area contributed by atoms with E-state index in [0.29, 0.717) is 0 Å². The van der Waals surface area contributed by atoms with Gasteiger partial charge in [-0.15, -0.1) is 0 Å². The normalized spacial score (nSPS) is 10.7. The second kappa shape index (κ2) is 7.38. The second-order valence-electron chi connectivity index (χ2n) is 3.70. The molecule has 1 aromatic rings. The van der Waals surface area contributed by atoms with Crippen LogP contribution in [0.5, 0.6) is 0 Å². The fourth-order valence-electron chi connectivity index (χ4n) is 1.75. The molecule has 0 radical (unpaired) electrons. The minimum atomic E-state index is -1.38. The molecule has 0 aliphatic carbocycles. The summed E-state index contributed by atoms with van der Waals surface area (Å²) >= 11 is 0. The molecule has 3 heteroatoms. The molecule has 0 N–H and O–H groups in total. The molecule has 88 valence electrons. The number of aryl methyl sites for hydroxylation is 1. The van der Waals surface area contributed by atoms with Crippen molar-refractivity contribution in [2.75, 3.05) is 14.2 Å². The zero-order valence-electron chi connectivity index (χ0n) is 10.1. The van der Waals surface area contributed by atoms with Crippen molar-refractivity contribution in [1.82, 2.24) is 0 Å². The van der Waals surface area contributed by atoms with Gasteiger partial charge in [-0.2, -0.15) is 0 Å². The third-order valence-electron chi connectivity index (χ3n) is 2.69. The van der Waals surface area contributed by atoms with Crippen LogP contribution in [0.25, 0.3) is 6.08 Å². The Morgan fingerprint density at radius 2 is 1.94 bits per heavy atom. The molecule has 1 rings (SSSR count). The van der Waals surface area contributed by atoms with E-state index < -0.39 is 9.28 Å². The van der Waals surface area contributed by atoms with Gasteiger partial charge in [0.25, 0.3) is 0 Å². The molecule has 0 saturated carbocycles. The van der Waals surface area contributed by atoms with E-state index in [2.05, 4.69) is 24.8 Å². The van der Waals surface area contributed by atoms with Crippen LogP contribution in [-0.4, -0.2) is 23.5 Å². The number of rotatable bonds is 7. The van der Waals surface area contributed by atoms with Crippen molar-refractivity contribution in [2.45, 2.75) is 18.9 Å². The molecule has 0 aromatic heterocycles. The molecule has 0 saturated heterocycles. The highest BCUT2D eigenvalue weighted by Gasteiger charge is 2.09. The summed E-state index contributed by atoms with van der Waals surface area (Å²) in [5.74, 6) is 0. The van der Waals surface area contributed by atoms with Crippen molar-refractivity contribution in [3.8, 4) is 0 Å². The van der Waals surface area contributed by atoms with Crippen LogP contribution in [0.1, 0.15) is 17.5 Å². The number of hydrogen-bond donors (Lipinski definition) is 0. The van der Waals surface area contributed by atoms with Crippen molar-refractivity contribution in [2.24, 2.45) is 0 Å². The van der Waals surface area contributed by atoms with E-state index in [1.54, 1.807) is 14.2 Å². The first-order valence-electron chi connectivity index (χ1n) is 5.57. The Morgan fingerprint density at radius 3 is 2.56 bits per heavy atom. The van der Waals surface area contributed by atoms with E-state index in [9.17, 15) is 0 Å². The summed E-state index contributed by atoms with van der Waals surface area (Å²) in [6.07, 6.45) is 4.10. The SMILES string of the molecule is C=Cc1ccccc1CCC[SiH](OC)OC. The summed E-state index contributed by atoms with van der Waals surface area (Å²) < 4.78 is 10.6. The fraction of sp³-hybridized carbons (Fsp3) is 0.385. The smallest absolute Gasteiger partial charge is 0.320 e. The number of benzene rings is 1. The Kier molecular flexibility index (Phi) is 6.07. The highest BCUT2D eigenvalue weighted by molar-refractivity contribution is 6.44. The lowest BCUT2D eigenvalue weighted by Crippen LogP contribution is -2.18. The third kappa shape index (κ3) is 3.93. The summed E-state index contributed by atoms with van der Waals surface area (Å²) in [4.78, 5) is 0. The Labute approximate surface area is 99.7 Å². The molecule has 0 bridgehead atoms. The van der Waals surface area contributed by atoms with Crippen molar-refractivity contribution in [3.63, 3.8) is 0 Å². The van der Waals surface area contributed by atoms with Crippen LogP contribution in [0.2, 0.25) is 6.04 Å². The summed E-state index contributed by atoms with van der Waals surface area (Å²) in [5, 5.41) is 0. The highest BCUT2D eigenvalue weighted by atomic mass is 28.3. The molecule has 0 unspecified atom stereocenters. The van der Waals surface area contributed by atoms with E-state index in [4.69, 9.17) is 8.85 Å². The Bertz CT molecular complexity index is 321. The molecule has 0 amide bonds. The van der Waals surface area contributed by atoms with Gasteiger partial charge in [-0.05, 0) is 30.0 Å². The van der Waals surface area contributed by atoms with Gasteiger partial charge >= 0.3 is 9.28 Å². The molecule has 2 nitrogen and oxygen atoms in total. The molecule has 0 fully saturated rings. The molecule has 0 spiro atoms. The van der Waals surface area contributed by atoms with Crippen LogP contribution in [0.15, 0.2) is 30.8 Å². The standard InChI is InChI=1S/C13H20O2Si/c1-4-12-8-5-6-9-13(12)10-7-11-16(14-2)15-3/h4-6,8-9,16H,1,7,10-11H2,2-3H3. The first kappa shape index (κ1) is 13.2. The van der Waals surface area contributed by atoms with Gasteiger partial charge in [-0.1, -0.05) is 36.9 Å². The maximum absolute atomic E-state index is 5.29. The van der Waals surface area contributed by atoms with Crippen molar-refractivity contribution in [1.29, 1.82) is 0 Å². The largest absolute Gasteiger partial charge is 0.400 e. The zero-order chi connectivity index (χ0) is 11.8. The average molecular weight is 236 g/mol. The average Bonchev–Trinajstić information content (AvgIpc) is 2.35. The molecule has 0 atom stereocenters. The third-order valence-corrected chi connectivity index (χ3v) is 4.62. The van der Waals surface area contributed by atoms with Crippen molar-refractivity contribution >= 4 is 15.4 Å². The first-order valence-corrected chi connectivity index (χ1v) is 7.33. The van der Waals surface area contributed by atoms with E-state index in [0.717, 1.165) is 18.9 Å². The molecule has 0 heterocycles. The Balaban J connectivity index is 2.45. The first-order chi connectivity index (χ1) is 7.81. The lowest BCUT2D eigenvalue weighted by molar-refractivity contribution is 0.276. The van der Waals surface area contributed by atoms with E-state index in [1.807, 2.05) is 12.1 Å². The Hall–Kier alpha value is -0.903. The molecule has 16 heavy (non-hydrogen) atoms. The lowest BCUT2D eigenvalue weighted by Gasteiger charge is -2.11. The van der Waals surface area contributed by atoms with Gasteiger partial charge in [0, 0.05) is 14.2 Å².